The molecule has 0 aromatic heterocycles. The largest absolute Gasteiger partial charge is 0.323 e. The lowest BCUT2D eigenvalue weighted by Crippen LogP contribution is -2.28. The molecule has 2 N–H and O–H groups in total. The molecule has 14 heavy (non-hydrogen) atoms. The summed E-state index contributed by atoms with van der Waals surface area (Å²) in [7, 11) is -0.827. The third-order valence-corrected chi connectivity index (χ3v) is 4.08. The molecular formula is C11H17NOS. The first-order valence-electron chi connectivity index (χ1n) is 4.84. The summed E-state index contributed by atoms with van der Waals surface area (Å²) in [5.74, 6) is 0.668. The van der Waals surface area contributed by atoms with Crippen LogP contribution in [0.5, 0.6) is 0 Å². The fourth-order valence-corrected chi connectivity index (χ4v) is 2.38. The molecule has 0 fully saturated rings. The number of benzene rings is 1. The van der Waals surface area contributed by atoms with Gasteiger partial charge in [0.25, 0.3) is 0 Å². The molecule has 0 bridgehead atoms. The number of nitrogens with two attached hydrogens (primary N) is 1. The molecule has 0 amide bonds. The highest BCUT2D eigenvalue weighted by molar-refractivity contribution is 7.85. The van der Waals surface area contributed by atoms with E-state index in [4.69, 9.17) is 5.73 Å². The fraction of sp³-hybridized carbons (Fsp3) is 0.455. The average Bonchev–Trinajstić information content (AvgIpc) is 2.27. The van der Waals surface area contributed by atoms with E-state index >= 15 is 0 Å². The van der Waals surface area contributed by atoms with Crippen molar-refractivity contribution in [2.24, 2.45) is 5.73 Å². The summed E-state index contributed by atoms with van der Waals surface area (Å²) < 4.78 is 11.6. The van der Waals surface area contributed by atoms with E-state index in [1.165, 1.54) is 0 Å². The van der Waals surface area contributed by atoms with Gasteiger partial charge in [0.1, 0.15) is 0 Å². The highest BCUT2D eigenvalue weighted by Gasteiger charge is 2.18. The molecule has 0 aliphatic carbocycles. The van der Waals surface area contributed by atoms with Gasteiger partial charge in [0.15, 0.2) is 0 Å². The summed E-state index contributed by atoms with van der Waals surface area (Å²) in [6, 6.07) is 9.70. The fourth-order valence-electron chi connectivity index (χ4n) is 1.37. The van der Waals surface area contributed by atoms with Crippen molar-refractivity contribution in [1.82, 2.24) is 0 Å². The smallest absolute Gasteiger partial charge is 0.0512 e. The lowest BCUT2D eigenvalue weighted by molar-refractivity contribution is 0.644. The quantitative estimate of drug-likeness (QED) is 0.826. The summed E-state index contributed by atoms with van der Waals surface area (Å²) in [5, 5.41) is 0.0161. The first-order chi connectivity index (χ1) is 6.66. The van der Waals surface area contributed by atoms with E-state index in [1.807, 2.05) is 44.2 Å². The zero-order valence-electron chi connectivity index (χ0n) is 8.64. The zero-order valence-corrected chi connectivity index (χ0v) is 9.46. The molecule has 1 aromatic carbocycles. The molecule has 78 valence electrons. The Labute approximate surface area is 88.0 Å². The van der Waals surface area contributed by atoms with Crippen molar-refractivity contribution in [1.29, 1.82) is 0 Å². The Morgan fingerprint density at radius 3 is 2.43 bits per heavy atom. The Bertz CT molecular complexity index is 299. The van der Waals surface area contributed by atoms with Crippen LogP contribution in [-0.4, -0.2) is 15.2 Å². The van der Waals surface area contributed by atoms with Crippen LogP contribution in [0.25, 0.3) is 0 Å². The first-order valence-corrected chi connectivity index (χ1v) is 6.22. The molecule has 0 saturated carbocycles. The van der Waals surface area contributed by atoms with Crippen molar-refractivity contribution in [2.75, 3.05) is 5.75 Å². The maximum atomic E-state index is 11.6. The van der Waals surface area contributed by atoms with Gasteiger partial charge >= 0.3 is 0 Å². The molecule has 3 unspecified atom stereocenters. The van der Waals surface area contributed by atoms with E-state index in [9.17, 15) is 4.21 Å². The molecule has 0 aliphatic heterocycles. The second kappa shape index (κ2) is 5.27. The molecule has 2 nitrogen and oxygen atoms in total. The second-order valence-corrected chi connectivity index (χ2v) is 5.39. The monoisotopic (exact) mass is 211 g/mol. The van der Waals surface area contributed by atoms with Gasteiger partial charge in [0.05, 0.1) is 5.25 Å². The zero-order chi connectivity index (χ0) is 10.6. The molecule has 1 rings (SSSR count). The summed E-state index contributed by atoms with van der Waals surface area (Å²) in [6.07, 6.45) is 0. The molecule has 0 heterocycles. The summed E-state index contributed by atoms with van der Waals surface area (Å²) in [6.45, 7) is 3.86. The molecule has 0 aliphatic rings. The van der Waals surface area contributed by atoms with Crippen LogP contribution in [0.3, 0.4) is 0 Å². The van der Waals surface area contributed by atoms with Gasteiger partial charge in [-0.15, -0.1) is 0 Å². The molecule has 0 radical (unpaired) electrons. The van der Waals surface area contributed by atoms with Gasteiger partial charge in [0.2, 0.25) is 0 Å². The van der Waals surface area contributed by atoms with E-state index in [-0.39, 0.29) is 11.3 Å². The molecule has 3 atom stereocenters. The topological polar surface area (TPSA) is 43.1 Å². The van der Waals surface area contributed by atoms with Gasteiger partial charge in [-0.05, 0) is 12.5 Å². The van der Waals surface area contributed by atoms with Crippen LogP contribution in [0.4, 0.5) is 0 Å². The van der Waals surface area contributed by atoms with Crippen LogP contribution in [0.2, 0.25) is 0 Å². The van der Waals surface area contributed by atoms with Gasteiger partial charge in [0, 0.05) is 22.6 Å². The minimum atomic E-state index is -0.827. The predicted molar refractivity (Wildman–Crippen MR) is 61.5 cm³/mol. The maximum Gasteiger partial charge on any atom is 0.0512 e. The average molecular weight is 211 g/mol. The third-order valence-electron chi connectivity index (χ3n) is 2.39. The van der Waals surface area contributed by atoms with Crippen LogP contribution in [0.1, 0.15) is 25.5 Å². The van der Waals surface area contributed by atoms with Crippen molar-refractivity contribution in [3.05, 3.63) is 35.9 Å². The lowest BCUT2D eigenvalue weighted by Gasteiger charge is -2.18. The highest BCUT2D eigenvalue weighted by Crippen LogP contribution is 2.17. The second-order valence-electron chi connectivity index (χ2n) is 3.31. The Hall–Kier alpha value is -0.670. The lowest BCUT2D eigenvalue weighted by atomic mass is 10.1. The van der Waals surface area contributed by atoms with Crippen molar-refractivity contribution >= 4 is 10.8 Å². The molecule has 1 aromatic rings. The van der Waals surface area contributed by atoms with Crippen molar-refractivity contribution in [3.63, 3.8) is 0 Å². The van der Waals surface area contributed by atoms with Crippen molar-refractivity contribution < 1.29 is 4.21 Å². The van der Waals surface area contributed by atoms with E-state index in [1.54, 1.807) is 0 Å². The van der Waals surface area contributed by atoms with Gasteiger partial charge in [-0.25, -0.2) is 0 Å². The molecule has 3 heteroatoms. The Morgan fingerprint density at radius 1 is 1.36 bits per heavy atom. The van der Waals surface area contributed by atoms with E-state index in [0.29, 0.717) is 5.75 Å². The minimum Gasteiger partial charge on any atom is -0.323 e. The van der Waals surface area contributed by atoms with E-state index < -0.39 is 10.8 Å². The van der Waals surface area contributed by atoms with Crippen LogP contribution in [0, 0.1) is 0 Å². The first kappa shape index (κ1) is 11.4. The SMILES string of the molecule is CCS(=O)C(C)C(N)c1ccccc1. The Morgan fingerprint density at radius 2 is 1.93 bits per heavy atom. The molecular weight excluding hydrogens is 194 g/mol. The van der Waals surface area contributed by atoms with Crippen LogP contribution in [0.15, 0.2) is 30.3 Å². The van der Waals surface area contributed by atoms with Gasteiger partial charge in [-0.2, -0.15) is 0 Å². The van der Waals surface area contributed by atoms with Crippen LogP contribution in [-0.2, 0) is 10.8 Å². The molecule has 0 spiro atoms. The van der Waals surface area contributed by atoms with Gasteiger partial charge in [-0.1, -0.05) is 37.3 Å². The number of hydrogen-bond donors (Lipinski definition) is 1. The van der Waals surface area contributed by atoms with Crippen molar-refractivity contribution in [3.8, 4) is 0 Å². The maximum absolute atomic E-state index is 11.6. The van der Waals surface area contributed by atoms with Gasteiger partial charge in [-0.3, -0.25) is 4.21 Å². The van der Waals surface area contributed by atoms with Crippen LogP contribution < -0.4 is 5.73 Å². The third kappa shape index (κ3) is 2.66. The van der Waals surface area contributed by atoms with Gasteiger partial charge < -0.3 is 5.73 Å². The standard InChI is InChI=1S/C11H17NOS/c1-3-14(13)9(2)11(12)10-7-5-4-6-8-10/h4-9,11H,3,12H2,1-2H3. The van der Waals surface area contributed by atoms with E-state index in [0.717, 1.165) is 5.56 Å². The number of rotatable bonds is 4. The summed E-state index contributed by atoms with van der Waals surface area (Å²) in [5.41, 5.74) is 7.08. The Kier molecular flexibility index (Phi) is 4.29. The summed E-state index contributed by atoms with van der Waals surface area (Å²) in [4.78, 5) is 0. The summed E-state index contributed by atoms with van der Waals surface area (Å²) >= 11 is 0. The van der Waals surface area contributed by atoms with Crippen LogP contribution >= 0.6 is 0 Å². The molecule has 0 saturated heterocycles. The minimum absolute atomic E-state index is 0.0161. The van der Waals surface area contributed by atoms with E-state index in [2.05, 4.69) is 0 Å². The number of hydrogen-bond acceptors (Lipinski definition) is 2. The Balaban J connectivity index is 2.75. The highest BCUT2D eigenvalue weighted by atomic mass is 32.2. The normalized spacial score (nSPS) is 17.4. The predicted octanol–water partition coefficient (Wildman–Crippen LogP) is 1.84. The van der Waals surface area contributed by atoms with Crippen molar-refractivity contribution in [2.45, 2.75) is 25.1 Å².